The van der Waals surface area contributed by atoms with Crippen molar-refractivity contribution in [2.45, 2.75) is 12.5 Å². The lowest BCUT2D eigenvalue weighted by Gasteiger charge is -2.19. The highest BCUT2D eigenvalue weighted by Gasteiger charge is 2.09. The zero-order valence-electron chi connectivity index (χ0n) is 8.03. The predicted octanol–water partition coefficient (Wildman–Crippen LogP) is 0.0791. The molecule has 1 heterocycles. The Kier molecular flexibility index (Phi) is 4.31. The van der Waals surface area contributed by atoms with Gasteiger partial charge in [0.25, 0.3) is 0 Å². The number of hydrazine groups is 1. The average Bonchev–Trinajstić information content (AvgIpc) is 2.55. The highest BCUT2D eigenvalue weighted by atomic mass is 32.1. The lowest BCUT2D eigenvalue weighted by atomic mass is 10.2. The van der Waals surface area contributed by atoms with Crippen LogP contribution in [-0.2, 0) is 6.42 Å². The van der Waals surface area contributed by atoms with Crippen LogP contribution in [-0.4, -0.2) is 36.6 Å². The SMILES string of the molecule is CN(C)CC(Cc1cncs1)NN. The van der Waals surface area contributed by atoms with E-state index < -0.39 is 0 Å². The number of rotatable bonds is 5. The fourth-order valence-electron chi connectivity index (χ4n) is 1.20. The molecule has 0 aliphatic heterocycles. The molecule has 1 rings (SSSR count). The van der Waals surface area contributed by atoms with Crippen LogP contribution in [0.3, 0.4) is 0 Å². The molecule has 1 atom stereocenters. The normalized spacial score (nSPS) is 13.5. The van der Waals surface area contributed by atoms with Gasteiger partial charge < -0.3 is 4.90 Å². The maximum Gasteiger partial charge on any atom is 0.0794 e. The molecule has 0 aliphatic carbocycles. The molecule has 13 heavy (non-hydrogen) atoms. The van der Waals surface area contributed by atoms with E-state index in [2.05, 4.69) is 15.3 Å². The average molecular weight is 200 g/mol. The number of likely N-dealkylation sites (N-methyl/N-ethyl adjacent to an activating group) is 1. The van der Waals surface area contributed by atoms with E-state index in [0.29, 0.717) is 6.04 Å². The molecule has 4 nitrogen and oxygen atoms in total. The van der Waals surface area contributed by atoms with Crippen LogP contribution < -0.4 is 11.3 Å². The summed E-state index contributed by atoms with van der Waals surface area (Å²) in [6, 6.07) is 0.301. The van der Waals surface area contributed by atoms with Crippen molar-refractivity contribution in [1.29, 1.82) is 0 Å². The highest BCUT2D eigenvalue weighted by Crippen LogP contribution is 2.08. The van der Waals surface area contributed by atoms with E-state index >= 15 is 0 Å². The van der Waals surface area contributed by atoms with Gasteiger partial charge in [-0.2, -0.15) is 0 Å². The summed E-state index contributed by atoms with van der Waals surface area (Å²) in [6.07, 6.45) is 2.84. The second-order valence-corrected chi connectivity index (χ2v) is 4.27. The molecule has 0 aromatic carbocycles. The fourth-order valence-corrected chi connectivity index (χ4v) is 1.88. The van der Waals surface area contributed by atoms with E-state index in [-0.39, 0.29) is 0 Å². The number of thiazole rings is 1. The summed E-state index contributed by atoms with van der Waals surface area (Å²) in [5.74, 6) is 5.45. The first-order valence-corrected chi connectivity index (χ1v) is 5.08. The number of nitrogens with two attached hydrogens (primary N) is 1. The molecule has 0 saturated heterocycles. The molecule has 0 spiro atoms. The van der Waals surface area contributed by atoms with E-state index in [0.717, 1.165) is 13.0 Å². The van der Waals surface area contributed by atoms with Gasteiger partial charge >= 0.3 is 0 Å². The number of nitrogens with zero attached hydrogens (tertiary/aromatic N) is 2. The second-order valence-electron chi connectivity index (χ2n) is 3.30. The van der Waals surface area contributed by atoms with E-state index in [1.54, 1.807) is 11.3 Å². The summed E-state index contributed by atoms with van der Waals surface area (Å²) in [5.41, 5.74) is 4.65. The van der Waals surface area contributed by atoms with Crippen LogP contribution >= 0.6 is 11.3 Å². The van der Waals surface area contributed by atoms with Crippen molar-refractivity contribution in [3.63, 3.8) is 0 Å². The summed E-state index contributed by atoms with van der Waals surface area (Å²) in [4.78, 5) is 7.41. The van der Waals surface area contributed by atoms with Crippen molar-refractivity contribution in [2.24, 2.45) is 5.84 Å². The number of nitrogens with one attached hydrogen (secondary N) is 1. The van der Waals surface area contributed by atoms with Crippen molar-refractivity contribution in [2.75, 3.05) is 20.6 Å². The standard InChI is InChI=1S/C8H16N4S/c1-12(2)5-7(11-9)3-8-4-10-6-13-8/h4,6-7,11H,3,5,9H2,1-2H3. The molecule has 0 saturated carbocycles. The van der Waals surface area contributed by atoms with Crippen LogP contribution in [0.2, 0.25) is 0 Å². The van der Waals surface area contributed by atoms with Gasteiger partial charge in [-0.05, 0) is 14.1 Å². The van der Waals surface area contributed by atoms with Gasteiger partial charge in [-0.1, -0.05) is 0 Å². The van der Waals surface area contributed by atoms with Gasteiger partial charge in [-0.25, -0.2) is 0 Å². The third-order valence-corrected chi connectivity index (χ3v) is 2.55. The van der Waals surface area contributed by atoms with Crippen molar-refractivity contribution in [3.8, 4) is 0 Å². The fraction of sp³-hybridized carbons (Fsp3) is 0.625. The first kappa shape index (κ1) is 10.6. The lowest BCUT2D eigenvalue weighted by Crippen LogP contribution is -2.43. The van der Waals surface area contributed by atoms with Gasteiger partial charge in [0.15, 0.2) is 0 Å². The van der Waals surface area contributed by atoms with Crippen LogP contribution in [0.15, 0.2) is 11.7 Å². The first-order valence-electron chi connectivity index (χ1n) is 4.20. The monoisotopic (exact) mass is 200 g/mol. The number of hydrogen-bond donors (Lipinski definition) is 2. The summed E-state index contributed by atoms with van der Waals surface area (Å²) in [5, 5.41) is 0. The molecule has 3 N–H and O–H groups in total. The number of aromatic nitrogens is 1. The Hall–Kier alpha value is -0.490. The molecule has 0 bridgehead atoms. The maximum atomic E-state index is 5.45. The highest BCUT2D eigenvalue weighted by molar-refractivity contribution is 7.09. The Morgan fingerprint density at radius 1 is 1.69 bits per heavy atom. The third kappa shape index (κ3) is 3.82. The molecule has 1 aromatic rings. The Morgan fingerprint density at radius 3 is 2.92 bits per heavy atom. The summed E-state index contributed by atoms with van der Waals surface area (Å²) < 4.78 is 0. The maximum absolute atomic E-state index is 5.45. The van der Waals surface area contributed by atoms with Gasteiger partial charge in [0.1, 0.15) is 0 Å². The molecule has 1 aromatic heterocycles. The van der Waals surface area contributed by atoms with E-state index in [1.807, 2.05) is 25.8 Å². The topological polar surface area (TPSA) is 54.2 Å². The Bertz CT molecular complexity index is 222. The van der Waals surface area contributed by atoms with Gasteiger partial charge in [-0.15, -0.1) is 11.3 Å². The van der Waals surface area contributed by atoms with Crippen LogP contribution in [0, 0.1) is 0 Å². The zero-order chi connectivity index (χ0) is 9.68. The van der Waals surface area contributed by atoms with Crippen molar-refractivity contribution in [1.82, 2.24) is 15.3 Å². The molecule has 0 amide bonds. The van der Waals surface area contributed by atoms with Gasteiger partial charge in [-0.3, -0.25) is 16.3 Å². The minimum absolute atomic E-state index is 0.301. The number of hydrogen-bond acceptors (Lipinski definition) is 5. The van der Waals surface area contributed by atoms with E-state index in [9.17, 15) is 0 Å². The molecule has 0 aliphatic rings. The first-order chi connectivity index (χ1) is 6.22. The van der Waals surface area contributed by atoms with Crippen molar-refractivity contribution >= 4 is 11.3 Å². The molecule has 74 valence electrons. The zero-order valence-corrected chi connectivity index (χ0v) is 8.84. The predicted molar refractivity (Wildman–Crippen MR) is 55.5 cm³/mol. The minimum Gasteiger partial charge on any atom is -0.308 e. The smallest absolute Gasteiger partial charge is 0.0794 e. The quantitative estimate of drug-likeness (QED) is 0.522. The Morgan fingerprint density at radius 2 is 2.46 bits per heavy atom. The summed E-state index contributed by atoms with van der Waals surface area (Å²) >= 11 is 1.67. The van der Waals surface area contributed by atoms with Gasteiger partial charge in [0, 0.05) is 30.1 Å². The molecule has 0 fully saturated rings. The van der Waals surface area contributed by atoms with Gasteiger partial charge in [0.2, 0.25) is 0 Å². The van der Waals surface area contributed by atoms with Crippen LogP contribution in [0.4, 0.5) is 0 Å². The van der Waals surface area contributed by atoms with Gasteiger partial charge in [0.05, 0.1) is 5.51 Å². The van der Waals surface area contributed by atoms with Crippen molar-refractivity contribution in [3.05, 3.63) is 16.6 Å². The molecular formula is C8H16N4S. The molecule has 1 unspecified atom stereocenters. The lowest BCUT2D eigenvalue weighted by molar-refractivity contribution is 0.339. The Labute approximate surface area is 82.7 Å². The van der Waals surface area contributed by atoms with Crippen LogP contribution in [0.1, 0.15) is 4.88 Å². The van der Waals surface area contributed by atoms with E-state index in [4.69, 9.17) is 5.84 Å². The molecular weight excluding hydrogens is 184 g/mol. The molecule has 5 heteroatoms. The van der Waals surface area contributed by atoms with E-state index in [1.165, 1.54) is 4.88 Å². The largest absolute Gasteiger partial charge is 0.308 e. The van der Waals surface area contributed by atoms with Crippen LogP contribution in [0.25, 0.3) is 0 Å². The summed E-state index contributed by atoms with van der Waals surface area (Å²) in [6.45, 7) is 0.939. The Balaban J connectivity index is 2.40. The third-order valence-electron chi connectivity index (χ3n) is 1.75. The van der Waals surface area contributed by atoms with Crippen LogP contribution in [0.5, 0.6) is 0 Å². The second kappa shape index (κ2) is 5.29. The minimum atomic E-state index is 0.301. The van der Waals surface area contributed by atoms with Crippen molar-refractivity contribution < 1.29 is 0 Å². The molecule has 0 radical (unpaired) electrons. The summed E-state index contributed by atoms with van der Waals surface area (Å²) in [7, 11) is 4.08.